The Morgan fingerprint density at radius 2 is 1.90 bits per heavy atom. The van der Waals surface area contributed by atoms with Crippen molar-refractivity contribution in [1.29, 1.82) is 0 Å². The first-order valence-electron chi connectivity index (χ1n) is 5.78. The van der Waals surface area contributed by atoms with E-state index >= 15 is 0 Å². The summed E-state index contributed by atoms with van der Waals surface area (Å²) in [7, 11) is -3.60. The van der Waals surface area contributed by atoms with E-state index in [1.807, 2.05) is 37.3 Å². The van der Waals surface area contributed by atoms with E-state index in [0.717, 1.165) is 16.9 Å². The lowest BCUT2D eigenvalue weighted by Gasteiger charge is -2.28. The topological polar surface area (TPSA) is 46.2 Å². The molecule has 0 fully saturated rings. The van der Waals surface area contributed by atoms with Gasteiger partial charge < -0.3 is 0 Å². The minimum absolute atomic E-state index is 0.214. The molecule has 2 rings (SSSR count). The molecule has 0 aliphatic rings. The average Bonchev–Trinajstić information content (AvgIpc) is 2.87. The molecule has 0 saturated heterocycles. The molecule has 1 N–H and O–H groups in total. The molecule has 3 nitrogen and oxygen atoms in total. The molecule has 7 heteroatoms. The van der Waals surface area contributed by atoms with E-state index in [1.165, 1.54) is 6.07 Å². The number of benzene rings is 1. The SMILES string of the molecule is CC(CBr)(NS(=O)(=O)c1ccc(Cl)s1)c1ccccc1. The van der Waals surface area contributed by atoms with Crippen LogP contribution in [-0.4, -0.2) is 13.7 Å². The molecule has 0 radical (unpaired) electrons. The van der Waals surface area contributed by atoms with Crippen LogP contribution in [-0.2, 0) is 15.6 Å². The lowest BCUT2D eigenvalue weighted by Crippen LogP contribution is -2.44. The van der Waals surface area contributed by atoms with Gasteiger partial charge in [0.05, 0.1) is 9.88 Å². The van der Waals surface area contributed by atoms with Crippen molar-refractivity contribution in [1.82, 2.24) is 4.72 Å². The van der Waals surface area contributed by atoms with E-state index in [-0.39, 0.29) is 4.21 Å². The quantitative estimate of drug-likeness (QED) is 0.779. The molecule has 1 heterocycles. The Morgan fingerprint density at radius 1 is 1.25 bits per heavy atom. The molecule has 0 aliphatic heterocycles. The maximum Gasteiger partial charge on any atom is 0.250 e. The van der Waals surface area contributed by atoms with Crippen molar-refractivity contribution in [3.8, 4) is 0 Å². The summed E-state index contributed by atoms with van der Waals surface area (Å²) < 4.78 is 28.2. The number of hydrogen-bond acceptors (Lipinski definition) is 3. The van der Waals surface area contributed by atoms with Crippen molar-refractivity contribution in [2.24, 2.45) is 0 Å². The Morgan fingerprint density at radius 3 is 2.40 bits per heavy atom. The summed E-state index contributed by atoms with van der Waals surface area (Å²) in [6.07, 6.45) is 0. The fourth-order valence-electron chi connectivity index (χ4n) is 1.76. The standard InChI is InChI=1S/C13H13BrClNO2S2/c1-13(9-14,10-5-3-2-4-6-10)16-20(17,18)12-8-7-11(15)19-12/h2-8,16H,9H2,1H3. The highest BCUT2D eigenvalue weighted by molar-refractivity contribution is 9.09. The molecule has 0 amide bonds. The Kier molecular flexibility index (Phi) is 4.92. The van der Waals surface area contributed by atoms with E-state index in [9.17, 15) is 8.42 Å². The summed E-state index contributed by atoms with van der Waals surface area (Å²) in [5.41, 5.74) is 0.166. The minimum atomic E-state index is -3.60. The summed E-state index contributed by atoms with van der Waals surface area (Å²) in [5.74, 6) is 0. The lowest BCUT2D eigenvalue weighted by molar-refractivity contribution is 0.483. The number of thiophene rings is 1. The maximum atomic E-state index is 12.4. The van der Waals surface area contributed by atoms with Crippen LogP contribution < -0.4 is 4.72 Å². The summed E-state index contributed by atoms with van der Waals surface area (Å²) in [6, 6.07) is 12.5. The van der Waals surface area contributed by atoms with Crippen LogP contribution in [0.2, 0.25) is 4.34 Å². The fraction of sp³-hybridized carbons (Fsp3) is 0.231. The van der Waals surface area contributed by atoms with Gasteiger partial charge in [0.2, 0.25) is 0 Å². The summed E-state index contributed by atoms with van der Waals surface area (Å²) in [6.45, 7) is 1.84. The third-order valence-electron chi connectivity index (χ3n) is 2.85. The van der Waals surface area contributed by atoms with Gasteiger partial charge >= 0.3 is 0 Å². The molecular formula is C13H13BrClNO2S2. The first-order chi connectivity index (χ1) is 9.37. The third kappa shape index (κ3) is 3.43. The van der Waals surface area contributed by atoms with Crippen molar-refractivity contribution in [2.45, 2.75) is 16.7 Å². The smallest absolute Gasteiger partial charge is 0.206 e. The van der Waals surface area contributed by atoms with Crippen LogP contribution in [0.15, 0.2) is 46.7 Å². The van der Waals surface area contributed by atoms with Crippen LogP contribution >= 0.6 is 38.9 Å². The number of sulfonamides is 1. The number of hydrogen-bond donors (Lipinski definition) is 1. The molecular weight excluding hydrogens is 382 g/mol. The van der Waals surface area contributed by atoms with Gasteiger partial charge in [-0.3, -0.25) is 0 Å². The zero-order valence-electron chi connectivity index (χ0n) is 10.6. The van der Waals surface area contributed by atoms with Crippen LogP contribution in [0, 0.1) is 0 Å². The van der Waals surface area contributed by atoms with E-state index < -0.39 is 15.6 Å². The largest absolute Gasteiger partial charge is 0.250 e. The predicted molar refractivity (Wildman–Crippen MR) is 87.2 cm³/mol. The predicted octanol–water partition coefficient (Wildman–Crippen LogP) is 3.99. The zero-order chi connectivity index (χ0) is 14.8. The molecule has 1 aromatic heterocycles. The fourth-order valence-corrected chi connectivity index (χ4v) is 5.29. The van der Waals surface area contributed by atoms with Crippen molar-refractivity contribution in [3.63, 3.8) is 0 Å². The molecule has 1 atom stereocenters. The Hall–Kier alpha value is -0.400. The van der Waals surface area contributed by atoms with Crippen molar-refractivity contribution in [2.75, 3.05) is 5.33 Å². The summed E-state index contributed by atoms with van der Waals surface area (Å²) in [5, 5.41) is 0.461. The second kappa shape index (κ2) is 6.15. The van der Waals surface area contributed by atoms with E-state index in [4.69, 9.17) is 11.6 Å². The normalized spacial score (nSPS) is 14.9. The Balaban J connectivity index is 2.35. The van der Waals surface area contributed by atoms with Gasteiger partial charge in [-0.25, -0.2) is 8.42 Å². The van der Waals surface area contributed by atoms with E-state index in [2.05, 4.69) is 20.7 Å². The number of nitrogens with one attached hydrogen (secondary N) is 1. The first kappa shape index (κ1) is 16.0. The monoisotopic (exact) mass is 393 g/mol. The molecule has 1 aromatic carbocycles. The van der Waals surface area contributed by atoms with Crippen molar-refractivity contribution >= 4 is 48.9 Å². The second-order valence-electron chi connectivity index (χ2n) is 4.50. The molecule has 0 aliphatic carbocycles. The van der Waals surface area contributed by atoms with Crippen LogP contribution in [0.3, 0.4) is 0 Å². The Bertz CT molecular complexity index is 687. The van der Waals surface area contributed by atoms with Gasteiger partial charge in [-0.1, -0.05) is 57.9 Å². The average molecular weight is 395 g/mol. The highest BCUT2D eigenvalue weighted by Gasteiger charge is 2.32. The first-order valence-corrected chi connectivity index (χ1v) is 9.58. The highest BCUT2D eigenvalue weighted by atomic mass is 79.9. The van der Waals surface area contributed by atoms with Crippen molar-refractivity contribution < 1.29 is 8.42 Å². The van der Waals surface area contributed by atoms with Gasteiger partial charge in [0.1, 0.15) is 4.21 Å². The number of halogens is 2. The van der Waals surface area contributed by atoms with Crippen LogP contribution in [0.1, 0.15) is 12.5 Å². The molecule has 20 heavy (non-hydrogen) atoms. The molecule has 1 unspecified atom stereocenters. The summed E-state index contributed by atoms with van der Waals surface area (Å²) >= 11 is 10.2. The van der Waals surface area contributed by atoms with Gasteiger partial charge in [0.25, 0.3) is 10.0 Å². The number of alkyl halides is 1. The van der Waals surface area contributed by atoms with Crippen LogP contribution in [0.25, 0.3) is 0 Å². The van der Waals surface area contributed by atoms with Crippen LogP contribution in [0.4, 0.5) is 0 Å². The maximum absolute atomic E-state index is 12.4. The van der Waals surface area contributed by atoms with E-state index in [1.54, 1.807) is 6.07 Å². The lowest BCUT2D eigenvalue weighted by atomic mass is 9.96. The third-order valence-corrected chi connectivity index (χ3v) is 7.29. The van der Waals surface area contributed by atoms with Gasteiger partial charge in [-0.15, -0.1) is 11.3 Å². The van der Waals surface area contributed by atoms with Crippen molar-refractivity contribution in [3.05, 3.63) is 52.4 Å². The van der Waals surface area contributed by atoms with Gasteiger partial charge in [-0.05, 0) is 24.6 Å². The minimum Gasteiger partial charge on any atom is -0.206 e. The second-order valence-corrected chi connectivity index (χ2v) is 8.68. The molecule has 0 spiro atoms. The summed E-state index contributed by atoms with van der Waals surface area (Å²) in [4.78, 5) is 0. The van der Waals surface area contributed by atoms with Gasteiger partial charge in [-0.2, -0.15) is 4.72 Å². The molecule has 0 bridgehead atoms. The number of rotatable bonds is 5. The zero-order valence-corrected chi connectivity index (χ0v) is 14.6. The Labute approximate surface area is 136 Å². The molecule has 2 aromatic rings. The van der Waals surface area contributed by atoms with Gasteiger partial charge in [0, 0.05) is 5.33 Å². The molecule has 0 saturated carbocycles. The molecule has 108 valence electrons. The highest BCUT2D eigenvalue weighted by Crippen LogP contribution is 2.29. The van der Waals surface area contributed by atoms with E-state index in [0.29, 0.717) is 9.67 Å². The van der Waals surface area contributed by atoms with Gasteiger partial charge in [0.15, 0.2) is 0 Å². The van der Waals surface area contributed by atoms with Crippen LogP contribution in [0.5, 0.6) is 0 Å².